The zero-order chi connectivity index (χ0) is 13.3. The van der Waals surface area contributed by atoms with E-state index in [-0.39, 0.29) is 18.1 Å². The maximum absolute atomic E-state index is 10.4. The highest BCUT2D eigenvalue weighted by Gasteiger charge is 2.10. The summed E-state index contributed by atoms with van der Waals surface area (Å²) in [7, 11) is 0. The summed E-state index contributed by atoms with van der Waals surface area (Å²) in [5, 5.41) is 16.2. The van der Waals surface area contributed by atoms with E-state index in [2.05, 4.69) is 0 Å². The second kappa shape index (κ2) is 8.84. The Balaban J connectivity index is 0. The molecule has 0 aliphatic carbocycles. The number of nitrogens with two attached hydrogens (primary N) is 1. The molecule has 0 spiro atoms. The van der Waals surface area contributed by atoms with Gasteiger partial charge in [-0.05, 0) is 13.3 Å². The molecule has 0 fully saturated rings. The van der Waals surface area contributed by atoms with E-state index in [1.165, 1.54) is 6.92 Å². The van der Waals surface area contributed by atoms with Crippen LogP contribution in [0.3, 0.4) is 0 Å². The fourth-order valence-corrected chi connectivity index (χ4v) is 0.580. The van der Waals surface area contributed by atoms with Crippen molar-refractivity contribution < 1.29 is 24.6 Å². The van der Waals surface area contributed by atoms with Crippen LogP contribution in [0.25, 0.3) is 0 Å². The van der Waals surface area contributed by atoms with Crippen LogP contribution in [-0.2, 0) is 14.4 Å². The van der Waals surface area contributed by atoms with E-state index in [0.29, 0.717) is 6.42 Å². The number of carboxylic acid groups (broad SMARTS) is 2. The fourth-order valence-electron chi connectivity index (χ4n) is 0.580. The number of carboxylic acids is 2. The molecule has 94 valence electrons. The first kappa shape index (κ1) is 17.0. The number of rotatable bonds is 5. The standard InChI is InChI=1S/C6H10O3.C4H9NO2/c1-4(5(2)7)3-6(8)9;1-2-3(5)4(6)7/h4H,3H2,1-2H3,(H,8,9);3H,2,5H2,1H3,(H,6,7). The van der Waals surface area contributed by atoms with E-state index in [1.807, 2.05) is 0 Å². The molecule has 16 heavy (non-hydrogen) atoms. The molecule has 2 atom stereocenters. The second-order valence-corrected chi connectivity index (χ2v) is 3.46. The topological polar surface area (TPSA) is 118 Å². The number of aliphatic carboxylic acids is 2. The monoisotopic (exact) mass is 233 g/mol. The van der Waals surface area contributed by atoms with Crippen molar-refractivity contribution in [2.24, 2.45) is 11.7 Å². The van der Waals surface area contributed by atoms with Crippen molar-refractivity contribution in [2.45, 2.75) is 39.7 Å². The highest BCUT2D eigenvalue weighted by Crippen LogP contribution is 2.01. The Bertz CT molecular complexity index is 252. The second-order valence-electron chi connectivity index (χ2n) is 3.46. The predicted molar refractivity (Wildman–Crippen MR) is 58.0 cm³/mol. The number of Topliss-reactive ketones (excluding diaryl/α,β-unsaturated/α-hetero) is 1. The first-order valence-corrected chi connectivity index (χ1v) is 4.92. The molecule has 0 radical (unpaired) electrons. The summed E-state index contributed by atoms with van der Waals surface area (Å²) in [6, 6.07) is -0.681. The van der Waals surface area contributed by atoms with Crippen molar-refractivity contribution in [1.29, 1.82) is 0 Å². The third-order valence-corrected chi connectivity index (χ3v) is 1.93. The summed E-state index contributed by atoms with van der Waals surface area (Å²) in [4.78, 5) is 30.2. The zero-order valence-corrected chi connectivity index (χ0v) is 9.77. The SMILES string of the molecule is CC(=O)C(C)CC(=O)O.CCC(N)C(=O)O. The Morgan fingerprint density at radius 1 is 1.25 bits per heavy atom. The number of ketones is 1. The third-order valence-electron chi connectivity index (χ3n) is 1.93. The van der Waals surface area contributed by atoms with E-state index in [0.717, 1.165) is 0 Å². The van der Waals surface area contributed by atoms with Gasteiger partial charge in [-0.1, -0.05) is 13.8 Å². The van der Waals surface area contributed by atoms with Crippen LogP contribution < -0.4 is 5.73 Å². The lowest BCUT2D eigenvalue weighted by molar-refractivity contribution is -0.140. The fraction of sp³-hybridized carbons (Fsp3) is 0.700. The van der Waals surface area contributed by atoms with Crippen LogP contribution in [0.1, 0.15) is 33.6 Å². The van der Waals surface area contributed by atoms with Crippen LogP contribution in [0.15, 0.2) is 0 Å². The van der Waals surface area contributed by atoms with Crippen LogP contribution >= 0.6 is 0 Å². The normalized spacial score (nSPS) is 13.0. The van der Waals surface area contributed by atoms with E-state index in [9.17, 15) is 14.4 Å². The maximum Gasteiger partial charge on any atom is 0.320 e. The smallest absolute Gasteiger partial charge is 0.320 e. The molecule has 0 saturated heterocycles. The minimum atomic E-state index is -0.928. The van der Waals surface area contributed by atoms with Gasteiger partial charge in [0.05, 0.1) is 6.42 Å². The van der Waals surface area contributed by atoms with Gasteiger partial charge in [-0.25, -0.2) is 0 Å². The van der Waals surface area contributed by atoms with Gasteiger partial charge in [-0.3, -0.25) is 14.4 Å². The van der Waals surface area contributed by atoms with E-state index >= 15 is 0 Å². The molecule has 0 aromatic rings. The summed E-state index contributed by atoms with van der Waals surface area (Å²) >= 11 is 0. The minimum Gasteiger partial charge on any atom is -0.481 e. The lowest BCUT2D eigenvalue weighted by Crippen LogP contribution is -2.28. The summed E-state index contributed by atoms with van der Waals surface area (Å²) in [5.74, 6) is -2.26. The number of hydrogen-bond donors (Lipinski definition) is 3. The number of carbonyl (C=O) groups excluding carboxylic acids is 1. The molecule has 2 unspecified atom stereocenters. The molecule has 4 N–H and O–H groups in total. The third kappa shape index (κ3) is 10.6. The average Bonchev–Trinajstić information content (AvgIpc) is 2.16. The van der Waals surface area contributed by atoms with Crippen molar-refractivity contribution in [3.63, 3.8) is 0 Å². The average molecular weight is 233 g/mol. The van der Waals surface area contributed by atoms with Gasteiger partial charge in [0.15, 0.2) is 0 Å². The van der Waals surface area contributed by atoms with Crippen molar-refractivity contribution in [3.8, 4) is 0 Å². The zero-order valence-electron chi connectivity index (χ0n) is 9.77. The lowest BCUT2D eigenvalue weighted by Gasteiger charge is -2.00. The van der Waals surface area contributed by atoms with Gasteiger partial charge in [-0.2, -0.15) is 0 Å². The molecular formula is C10H19NO5. The molecule has 6 nitrogen and oxygen atoms in total. The summed E-state index contributed by atoms with van der Waals surface area (Å²) in [6.07, 6.45) is 0.435. The van der Waals surface area contributed by atoms with Crippen molar-refractivity contribution in [1.82, 2.24) is 0 Å². The maximum atomic E-state index is 10.4. The molecule has 0 heterocycles. The highest BCUT2D eigenvalue weighted by molar-refractivity contribution is 5.82. The van der Waals surface area contributed by atoms with Gasteiger partial charge in [0.25, 0.3) is 0 Å². The van der Waals surface area contributed by atoms with Crippen LogP contribution in [0, 0.1) is 5.92 Å². The van der Waals surface area contributed by atoms with Crippen molar-refractivity contribution in [3.05, 3.63) is 0 Å². The Hall–Kier alpha value is -1.43. The van der Waals surface area contributed by atoms with Crippen LogP contribution in [0.5, 0.6) is 0 Å². The Labute approximate surface area is 94.4 Å². The Kier molecular flexibility index (Phi) is 9.39. The van der Waals surface area contributed by atoms with Crippen molar-refractivity contribution >= 4 is 17.7 Å². The van der Waals surface area contributed by atoms with Crippen molar-refractivity contribution in [2.75, 3.05) is 0 Å². The summed E-state index contributed by atoms with van der Waals surface area (Å²) in [5.41, 5.74) is 5.02. The number of hydrogen-bond acceptors (Lipinski definition) is 4. The molecule has 0 amide bonds. The Morgan fingerprint density at radius 2 is 1.69 bits per heavy atom. The quantitative estimate of drug-likeness (QED) is 0.636. The molecule has 0 aliphatic rings. The lowest BCUT2D eigenvalue weighted by atomic mass is 10.0. The van der Waals surface area contributed by atoms with Gasteiger partial charge in [0.1, 0.15) is 11.8 Å². The van der Waals surface area contributed by atoms with Gasteiger partial charge < -0.3 is 15.9 Å². The molecule has 0 rings (SSSR count). The van der Waals surface area contributed by atoms with Crippen LogP contribution in [0.4, 0.5) is 0 Å². The molecule has 0 aromatic heterocycles. The molecule has 0 saturated carbocycles. The number of carbonyl (C=O) groups is 3. The molecule has 0 aliphatic heterocycles. The van der Waals surface area contributed by atoms with Gasteiger partial charge >= 0.3 is 11.9 Å². The van der Waals surface area contributed by atoms with Gasteiger partial charge in [-0.15, -0.1) is 0 Å². The van der Waals surface area contributed by atoms with Gasteiger partial charge in [0.2, 0.25) is 0 Å². The Morgan fingerprint density at radius 3 is 1.75 bits per heavy atom. The first-order chi connectivity index (χ1) is 7.22. The predicted octanol–water partition coefficient (Wildman–Crippen LogP) is 0.495. The van der Waals surface area contributed by atoms with Crippen LogP contribution in [-0.4, -0.2) is 34.0 Å². The summed E-state index contributed by atoms with van der Waals surface area (Å²) in [6.45, 7) is 4.74. The van der Waals surface area contributed by atoms with E-state index in [1.54, 1.807) is 13.8 Å². The largest absolute Gasteiger partial charge is 0.481 e. The molecule has 6 heteroatoms. The highest BCUT2D eigenvalue weighted by atomic mass is 16.4. The summed E-state index contributed by atoms with van der Waals surface area (Å²) < 4.78 is 0. The molecule has 0 bridgehead atoms. The molecular weight excluding hydrogens is 214 g/mol. The van der Waals surface area contributed by atoms with Crippen LogP contribution in [0.2, 0.25) is 0 Å². The first-order valence-electron chi connectivity index (χ1n) is 4.92. The minimum absolute atomic E-state index is 0.0602. The molecule has 0 aromatic carbocycles. The van der Waals surface area contributed by atoms with E-state index in [4.69, 9.17) is 15.9 Å². The van der Waals surface area contributed by atoms with Gasteiger partial charge in [0, 0.05) is 5.92 Å². The van der Waals surface area contributed by atoms with E-state index < -0.39 is 18.0 Å².